The molecular formula is C21H18N4O2S. The lowest BCUT2D eigenvalue weighted by Crippen LogP contribution is -1.98. The fourth-order valence-electron chi connectivity index (χ4n) is 2.91. The molecule has 7 heteroatoms. The Hall–Kier alpha value is -3.32. The quantitative estimate of drug-likeness (QED) is 0.563. The second kappa shape index (κ2) is 7.36. The van der Waals surface area contributed by atoms with Crippen LogP contribution in [0.1, 0.15) is 11.3 Å². The predicted octanol–water partition coefficient (Wildman–Crippen LogP) is 3.53. The molecule has 28 heavy (non-hydrogen) atoms. The molecule has 3 aromatic heterocycles. The van der Waals surface area contributed by atoms with Crippen molar-refractivity contribution >= 4 is 9.84 Å². The van der Waals surface area contributed by atoms with E-state index in [1.165, 1.54) is 18.0 Å². The summed E-state index contributed by atoms with van der Waals surface area (Å²) < 4.78 is 23.6. The van der Waals surface area contributed by atoms with Crippen LogP contribution in [0.15, 0.2) is 78.2 Å². The van der Waals surface area contributed by atoms with Crippen LogP contribution in [0.4, 0.5) is 0 Å². The van der Waals surface area contributed by atoms with E-state index >= 15 is 0 Å². The molecule has 0 saturated heterocycles. The number of pyridine rings is 2. The fraction of sp³-hybridized carbons (Fsp3) is 0.0952. The zero-order chi connectivity index (χ0) is 19.6. The van der Waals surface area contributed by atoms with Gasteiger partial charge >= 0.3 is 0 Å². The maximum atomic E-state index is 11.8. The highest BCUT2D eigenvalue weighted by molar-refractivity contribution is 7.90. The summed E-state index contributed by atoms with van der Waals surface area (Å²) >= 11 is 0. The number of nitrogens with zero attached hydrogens (tertiary/aromatic N) is 3. The Balaban J connectivity index is 1.63. The number of hydrogen-bond donors (Lipinski definition) is 1. The molecule has 0 aliphatic heterocycles. The van der Waals surface area contributed by atoms with E-state index < -0.39 is 9.84 Å². The van der Waals surface area contributed by atoms with Gasteiger partial charge in [0.1, 0.15) is 5.69 Å². The molecule has 0 spiro atoms. The number of H-pyrrole nitrogens is 1. The monoisotopic (exact) mass is 390 g/mol. The minimum atomic E-state index is -3.32. The van der Waals surface area contributed by atoms with Gasteiger partial charge in [-0.05, 0) is 29.3 Å². The highest BCUT2D eigenvalue weighted by atomic mass is 32.2. The summed E-state index contributed by atoms with van der Waals surface area (Å²) in [6, 6.07) is 15.5. The van der Waals surface area contributed by atoms with E-state index in [0.717, 1.165) is 17.7 Å². The summed E-state index contributed by atoms with van der Waals surface area (Å²) in [6.45, 7) is 0. The van der Waals surface area contributed by atoms with Crippen molar-refractivity contribution in [2.75, 3.05) is 6.26 Å². The van der Waals surface area contributed by atoms with Crippen molar-refractivity contribution < 1.29 is 8.42 Å². The third-order valence-electron chi connectivity index (χ3n) is 4.34. The Bertz CT molecular complexity index is 1220. The van der Waals surface area contributed by atoms with Crippen molar-refractivity contribution in [3.63, 3.8) is 0 Å². The molecule has 1 N–H and O–H groups in total. The number of hydrogen-bond acceptors (Lipinski definition) is 5. The van der Waals surface area contributed by atoms with Crippen molar-refractivity contribution in [1.82, 2.24) is 19.9 Å². The van der Waals surface area contributed by atoms with Crippen LogP contribution < -0.4 is 0 Å². The van der Waals surface area contributed by atoms with Crippen LogP contribution in [-0.2, 0) is 16.3 Å². The van der Waals surface area contributed by atoms with Crippen LogP contribution in [0, 0.1) is 0 Å². The van der Waals surface area contributed by atoms with E-state index in [-0.39, 0.29) is 4.90 Å². The van der Waals surface area contributed by atoms with E-state index in [0.29, 0.717) is 17.1 Å². The maximum absolute atomic E-state index is 11.8. The van der Waals surface area contributed by atoms with Crippen LogP contribution in [0.2, 0.25) is 0 Å². The summed E-state index contributed by atoms with van der Waals surface area (Å²) in [4.78, 5) is 16.4. The van der Waals surface area contributed by atoms with Gasteiger partial charge in [0, 0.05) is 48.7 Å². The highest BCUT2D eigenvalue weighted by Crippen LogP contribution is 2.24. The van der Waals surface area contributed by atoms with Crippen molar-refractivity contribution in [2.45, 2.75) is 11.3 Å². The Labute approximate surface area is 163 Å². The summed E-state index contributed by atoms with van der Waals surface area (Å²) in [7, 11) is -3.32. The largest absolute Gasteiger partial charge is 0.340 e. The fourth-order valence-corrected chi connectivity index (χ4v) is 3.51. The molecule has 3 heterocycles. The molecule has 0 radical (unpaired) electrons. The average molecular weight is 390 g/mol. The minimum Gasteiger partial charge on any atom is -0.340 e. The van der Waals surface area contributed by atoms with Crippen LogP contribution in [0.5, 0.6) is 0 Å². The molecule has 0 fully saturated rings. The summed E-state index contributed by atoms with van der Waals surface area (Å²) in [6.07, 6.45) is 8.40. The van der Waals surface area contributed by atoms with Gasteiger partial charge in [-0.15, -0.1) is 0 Å². The summed E-state index contributed by atoms with van der Waals surface area (Å²) in [5, 5.41) is 0. The van der Waals surface area contributed by atoms with Gasteiger partial charge in [0.25, 0.3) is 0 Å². The van der Waals surface area contributed by atoms with Crippen LogP contribution in [-0.4, -0.2) is 34.6 Å². The molecule has 0 aliphatic rings. The predicted molar refractivity (Wildman–Crippen MR) is 107 cm³/mol. The van der Waals surface area contributed by atoms with Gasteiger partial charge in [0.2, 0.25) is 0 Å². The molecule has 0 saturated carbocycles. The first kappa shape index (κ1) is 18.1. The van der Waals surface area contributed by atoms with Crippen LogP contribution in [0.25, 0.3) is 22.6 Å². The van der Waals surface area contributed by atoms with E-state index in [2.05, 4.69) is 32.1 Å². The molecule has 0 aliphatic carbocycles. The third kappa shape index (κ3) is 3.99. The summed E-state index contributed by atoms with van der Waals surface area (Å²) in [5.41, 5.74) is 4.41. The number of imidazole rings is 1. The molecule has 0 bridgehead atoms. The van der Waals surface area contributed by atoms with Crippen LogP contribution >= 0.6 is 0 Å². The zero-order valence-electron chi connectivity index (χ0n) is 15.2. The van der Waals surface area contributed by atoms with Gasteiger partial charge in [0.05, 0.1) is 4.90 Å². The Morgan fingerprint density at radius 1 is 0.929 bits per heavy atom. The first-order valence-electron chi connectivity index (χ1n) is 8.69. The van der Waals surface area contributed by atoms with Gasteiger partial charge in [-0.2, -0.15) is 0 Å². The topological polar surface area (TPSA) is 88.6 Å². The average Bonchev–Trinajstić information content (AvgIpc) is 3.17. The van der Waals surface area contributed by atoms with Crippen molar-refractivity contribution in [1.29, 1.82) is 0 Å². The summed E-state index contributed by atoms with van der Waals surface area (Å²) in [5.74, 6) is 0.667. The number of aromatic nitrogens is 4. The number of rotatable bonds is 5. The van der Waals surface area contributed by atoms with Gasteiger partial charge in [-0.3, -0.25) is 9.97 Å². The minimum absolute atomic E-state index is 0.187. The molecule has 1 aromatic carbocycles. The smallest absolute Gasteiger partial charge is 0.177 e. The van der Waals surface area contributed by atoms with Gasteiger partial charge < -0.3 is 4.98 Å². The van der Waals surface area contributed by atoms with Crippen molar-refractivity contribution in [3.8, 4) is 22.6 Å². The van der Waals surface area contributed by atoms with E-state index in [1.807, 2.05) is 36.5 Å². The molecule has 4 aromatic rings. The number of sulfone groups is 1. The number of nitrogens with one attached hydrogen (secondary N) is 1. The van der Waals surface area contributed by atoms with Crippen molar-refractivity contribution in [2.24, 2.45) is 0 Å². The zero-order valence-corrected chi connectivity index (χ0v) is 16.0. The van der Waals surface area contributed by atoms with Gasteiger partial charge in [-0.25, -0.2) is 13.4 Å². The van der Waals surface area contributed by atoms with Gasteiger partial charge in [0.15, 0.2) is 15.7 Å². The first-order valence-corrected chi connectivity index (χ1v) is 10.6. The lowest BCUT2D eigenvalue weighted by molar-refractivity contribution is 0.601. The standard InChI is InChI=1S/C21H18N4O2S/c1-28(26,27)19-10-17(12-22-14-19)16-7-8-23-20(11-16)21-24-13-18(25-21)9-15-5-3-2-4-6-15/h2-8,10-14H,9H2,1H3,(H,24,25). The SMILES string of the molecule is CS(=O)(=O)c1cncc(-c2ccnc(-c3ncc(Cc4ccccc4)[nH]3)c2)c1. The maximum Gasteiger partial charge on any atom is 0.177 e. The second-order valence-corrected chi connectivity index (χ2v) is 8.55. The molecule has 0 atom stereocenters. The normalized spacial score (nSPS) is 11.5. The number of benzene rings is 1. The molecule has 0 unspecified atom stereocenters. The van der Waals surface area contributed by atoms with Gasteiger partial charge in [-0.1, -0.05) is 30.3 Å². The molecule has 0 amide bonds. The van der Waals surface area contributed by atoms with E-state index in [1.54, 1.807) is 18.5 Å². The Morgan fingerprint density at radius 3 is 2.54 bits per heavy atom. The lowest BCUT2D eigenvalue weighted by atomic mass is 10.1. The number of aromatic amines is 1. The highest BCUT2D eigenvalue weighted by Gasteiger charge is 2.11. The Kier molecular flexibility index (Phi) is 4.75. The van der Waals surface area contributed by atoms with Crippen LogP contribution in [0.3, 0.4) is 0 Å². The van der Waals surface area contributed by atoms with E-state index in [4.69, 9.17) is 0 Å². The molecule has 140 valence electrons. The first-order chi connectivity index (χ1) is 13.5. The third-order valence-corrected chi connectivity index (χ3v) is 5.42. The van der Waals surface area contributed by atoms with Crippen molar-refractivity contribution in [3.05, 3.63) is 84.6 Å². The molecule has 4 rings (SSSR count). The lowest BCUT2D eigenvalue weighted by Gasteiger charge is -2.05. The molecule has 6 nitrogen and oxygen atoms in total. The second-order valence-electron chi connectivity index (χ2n) is 6.53. The Morgan fingerprint density at radius 2 is 1.75 bits per heavy atom. The van der Waals surface area contributed by atoms with E-state index in [9.17, 15) is 8.42 Å². The molecular weight excluding hydrogens is 372 g/mol.